The molecule has 88 valence electrons. The summed E-state index contributed by atoms with van der Waals surface area (Å²) in [6, 6.07) is 5.95. The largest absolute Gasteiger partial charge is 0.399 e. The van der Waals surface area contributed by atoms with E-state index < -0.39 is 5.60 Å². The van der Waals surface area contributed by atoms with Crippen LogP contribution in [0.25, 0.3) is 0 Å². The molecule has 0 radical (unpaired) electrons. The van der Waals surface area contributed by atoms with Crippen molar-refractivity contribution in [3.63, 3.8) is 0 Å². The first-order chi connectivity index (χ1) is 7.44. The van der Waals surface area contributed by atoms with E-state index in [0.717, 1.165) is 36.2 Å². The van der Waals surface area contributed by atoms with Crippen molar-refractivity contribution in [2.45, 2.75) is 25.5 Å². The maximum absolute atomic E-state index is 9.88. The van der Waals surface area contributed by atoms with Crippen LogP contribution < -0.4 is 5.73 Å². The lowest BCUT2D eigenvalue weighted by atomic mass is 10.1. The van der Waals surface area contributed by atoms with Gasteiger partial charge in [-0.05, 0) is 37.1 Å². The Labute approximate surface area is 104 Å². The molecule has 1 saturated heterocycles. The summed E-state index contributed by atoms with van der Waals surface area (Å²) in [6.07, 6.45) is 0.844. The fourth-order valence-corrected chi connectivity index (χ4v) is 2.76. The normalized spacial score (nSPS) is 26.2. The molecule has 0 aliphatic carbocycles. The number of rotatable bonds is 2. The Morgan fingerprint density at radius 2 is 2.25 bits per heavy atom. The maximum Gasteiger partial charge on any atom is 0.0758 e. The Balaban J connectivity index is 2.05. The van der Waals surface area contributed by atoms with Crippen LogP contribution >= 0.6 is 15.9 Å². The highest BCUT2D eigenvalue weighted by Gasteiger charge is 2.30. The Morgan fingerprint density at radius 3 is 2.81 bits per heavy atom. The zero-order chi connectivity index (χ0) is 11.8. The van der Waals surface area contributed by atoms with Crippen LogP contribution in [0.4, 0.5) is 5.69 Å². The second kappa shape index (κ2) is 4.35. The van der Waals surface area contributed by atoms with E-state index in [2.05, 4.69) is 26.9 Å². The molecule has 0 spiro atoms. The van der Waals surface area contributed by atoms with Crippen molar-refractivity contribution in [3.8, 4) is 0 Å². The number of nitrogens with zero attached hydrogens (tertiary/aromatic N) is 1. The third kappa shape index (κ3) is 2.97. The van der Waals surface area contributed by atoms with Gasteiger partial charge in [-0.2, -0.15) is 0 Å². The number of benzene rings is 1. The molecule has 0 amide bonds. The number of likely N-dealkylation sites (tertiary alicyclic amines) is 1. The number of anilines is 1. The summed E-state index contributed by atoms with van der Waals surface area (Å²) in [5.74, 6) is 0. The smallest absolute Gasteiger partial charge is 0.0758 e. The van der Waals surface area contributed by atoms with Crippen molar-refractivity contribution in [3.05, 3.63) is 28.2 Å². The highest BCUT2D eigenvalue weighted by molar-refractivity contribution is 9.10. The van der Waals surface area contributed by atoms with Crippen molar-refractivity contribution in [2.75, 3.05) is 18.8 Å². The van der Waals surface area contributed by atoms with Crippen molar-refractivity contribution < 1.29 is 5.11 Å². The highest BCUT2D eigenvalue weighted by atomic mass is 79.9. The monoisotopic (exact) mass is 284 g/mol. The number of aliphatic hydroxyl groups is 1. The Kier molecular flexibility index (Phi) is 3.24. The number of hydrogen-bond donors (Lipinski definition) is 2. The molecule has 1 fully saturated rings. The van der Waals surface area contributed by atoms with Crippen LogP contribution in [0.5, 0.6) is 0 Å². The Hall–Kier alpha value is -0.580. The average molecular weight is 285 g/mol. The van der Waals surface area contributed by atoms with Gasteiger partial charge in [-0.3, -0.25) is 4.90 Å². The zero-order valence-electron chi connectivity index (χ0n) is 9.41. The molecule has 1 unspecified atom stereocenters. The summed E-state index contributed by atoms with van der Waals surface area (Å²) in [5, 5.41) is 9.88. The van der Waals surface area contributed by atoms with Crippen LogP contribution in [0.1, 0.15) is 18.9 Å². The van der Waals surface area contributed by atoms with Crippen LogP contribution in [0, 0.1) is 0 Å². The summed E-state index contributed by atoms with van der Waals surface area (Å²) in [5.41, 5.74) is 7.22. The highest BCUT2D eigenvalue weighted by Crippen LogP contribution is 2.24. The second-order valence-corrected chi connectivity index (χ2v) is 5.77. The van der Waals surface area contributed by atoms with Crippen molar-refractivity contribution in [1.29, 1.82) is 0 Å². The van der Waals surface area contributed by atoms with Gasteiger partial charge in [0.1, 0.15) is 0 Å². The van der Waals surface area contributed by atoms with Gasteiger partial charge in [0.05, 0.1) is 5.60 Å². The molecule has 2 rings (SSSR count). The van der Waals surface area contributed by atoms with E-state index in [1.54, 1.807) is 0 Å². The van der Waals surface area contributed by atoms with Crippen LogP contribution in [0.3, 0.4) is 0 Å². The first-order valence-electron chi connectivity index (χ1n) is 5.44. The molecule has 1 heterocycles. The molecule has 0 aromatic heterocycles. The molecule has 1 aromatic carbocycles. The minimum atomic E-state index is -0.530. The van der Waals surface area contributed by atoms with Crippen LogP contribution in [0.15, 0.2) is 22.7 Å². The van der Waals surface area contributed by atoms with Crippen LogP contribution in [-0.4, -0.2) is 28.7 Å². The van der Waals surface area contributed by atoms with E-state index >= 15 is 0 Å². The average Bonchev–Trinajstić information content (AvgIpc) is 2.43. The fourth-order valence-electron chi connectivity index (χ4n) is 2.20. The Bertz CT molecular complexity index is 372. The molecule has 3 N–H and O–H groups in total. The lowest BCUT2D eigenvalue weighted by Gasteiger charge is -2.19. The van der Waals surface area contributed by atoms with Crippen LogP contribution in [0.2, 0.25) is 0 Å². The first-order valence-corrected chi connectivity index (χ1v) is 6.24. The SMILES string of the molecule is CC1(O)CCN(Cc2cc(N)cc(Br)c2)C1. The van der Waals surface area contributed by atoms with E-state index in [1.165, 1.54) is 5.56 Å². The Morgan fingerprint density at radius 1 is 1.50 bits per heavy atom. The molecule has 16 heavy (non-hydrogen) atoms. The standard InChI is InChI=1S/C12H17BrN2O/c1-12(16)2-3-15(8-12)7-9-4-10(13)6-11(14)5-9/h4-6,16H,2-3,7-8,14H2,1H3. The molecular formula is C12H17BrN2O. The van der Waals surface area contributed by atoms with Gasteiger partial charge in [-0.1, -0.05) is 15.9 Å². The van der Waals surface area contributed by atoms with Gasteiger partial charge in [0, 0.05) is 29.8 Å². The maximum atomic E-state index is 9.88. The van der Waals surface area contributed by atoms with E-state index in [4.69, 9.17) is 5.73 Å². The molecule has 1 aliphatic rings. The minimum absolute atomic E-state index is 0.530. The van der Waals surface area contributed by atoms with Gasteiger partial charge < -0.3 is 10.8 Å². The van der Waals surface area contributed by atoms with Gasteiger partial charge in [0.25, 0.3) is 0 Å². The van der Waals surface area contributed by atoms with E-state index in [1.807, 2.05) is 19.1 Å². The van der Waals surface area contributed by atoms with Gasteiger partial charge in [0.2, 0.25) is 0 Å². The zero-order valence-corrected chi connectivity index (χ0v) is 11.0. The predicted molar refractivity (Wildman–Crippen MR) is 69.1 cm³/mol. The lowest BCUT2D eigenvalue weighted by Crippen LogP contribution is -2.29. The fraction of sp³-hybridized carbons (Fsp3) is 0.500. The topological polar surface area (TPSA) is 49.5 Å². The second-order valence-electron chi connectivity index (χ2n) is 4.85. The van der Waals surface area contributed by atoms with Gasteiger partial charge in [0.15, 0.2) is 0 Å². The molecule has 4 heteroatoms. The summed E-state index contributed by atoms with van der Waals surface area (Å²) in [6.45, 7) is 4.42. The van der Waals surface area contributed by atoms with Crippen molar-refractivity contribution in [1.82, 2.24) is 4.90 Å². The number of nitrogen functional groups attached to an aromatic ring is 1. The third-order valence-corrected chi connectivity index (χ3v) is 3.37. The summed E-state index contributed by atoms with van der Waals surface area (Å²) >= 11 is 3.44. The number of nitrogens with two attached hydrogens (primary N) is 1. The van der Waals surface area contributed by atoms with Gasteiger partial charge in [-0.15, -0.1) is 0 Å². The molecule has 0 saturated carbocycles. The van der Waals surface area contributed by atoms with E-state index in [9.17, 15) is 5.11 Å². The molecular weight excluding hydrogens is 268 g/mol. The number of hydrogen-bond acceptors (Lipinski definition) is 3. The molecule has 0 bridgehead atoms. The minimum Gasteiger partial charge on any atom is -0.399 e. The van der Waals surface area contributed by atoms with E-state index in [-0.39, 0.29) is 0 Å². The summed E-state index contributed by atoms with van der Waals surface area (Å²) < 4.78 is 1.01. The van der Waals surface area contributed by atoms with E-state index in [0.29, 0.717) is 0 Å². The van der Waals surface area contributed by atoms with Gasteiger partial charge in [-0.25, -0.2) is 0 Å². The van der Waals surface area contributed by atoms with Crippen LogP contribution in [-0.2, 0) is 6.54 Å². The van der Waals surface area contributed by atoms with Crippen molar-refractivity contribution in [2.24, 2.45) is 0 Å². The first kappa shape index (κ1) is 11.9. The quantitative estimate of drug-likeness (QED) is 0.817. The lowest BCUT2D eigenvalue weighted by molar-refractivity contribution is 0.0679. The summed E-state index contributed by atoms with van der Waals surface area (Å²) in [7, 11) is 0. The molecule has 1 aliphatic heterocycles. The summed E-state index contributed by atoms with van der Waals surface area (Å²) in [4.78, 5) is 2.25. The number of halogens is 1. The molecule has 1 atom stereocenters. The van der Waals surface area contributed by atoms with Crippen molar-refractivity contribution >= 4 is 21.6 Å². The van der Waals surface area contributed by atoms with Gasteiger partial charge >= 0.3 is 0 Å². The molecule has 1 aromatic rings. The predicted octanol–water partition coefficient (Wildman–Crippen LogP) is 1.99. The number of β-amino-alcohol motifs (C(OH)–C–C–N with tert-alkyl or cyclic N) is 1. The molecule has 3 nitrogen and oxygen atoms in total. The third-order valence-electron chi connectivity index (χ3n) is 2.92.